The standard InChI is InChI=1S/C19H16N4O2S/c1-12(24)23(13-7-3-2-4-8-13)19-21-16(11-26-19)17-20-15-10-6-5-9-14(15)18(25)22-17/h2-11,17,20H,1H3,(H,22,25). The summed E-state index contributed by atoms with van der Waals surface area (Å²) < 4.78 is 0. The number of carbonyl (C=O) groups excluding carboxylic acids is 2. The fourth-order valence-electron chi connectivity index (χ4n) is 2.87. The fraction of sp³-hybridized carbons (Fsp3) is 0.105. The third kappa shape index (κ3) is 2.93. The molecule has 2 heterocycles. The van der Waals surface area contributed by atoms with E-state index >= 15 is 0 Å². The van der Waals surface area contributed by atoms with Crippen molar-refractivity contribution in [1.82, 2.24) is 10.3 Å². The third-order valence-electron chi connectivity index (χ3n) is 4.07. The Kier molecular flexibility index (Phi) is 4.14. The van der Waals surface area contributed by atoms with Crippen molar-refractivity contribution in [3.63, 3.8) is 0 Å². The molecule has 2 amide bonds. The van der Waals surface area contributed by atoms with Gasteiger partial charge in [-0.05, 0) is 24.3 Å². The Balaban J connectivity index is 1.64. The van der Waals surface area contributed by atoms with E-state index in [0.29, 0.717) is 16.4 Å². The number of fused-ring (bicyclic) bond motifs is 1. The number of hydrogen-bond acceptors (Lipinski definition) is 5. The first-order valence-electron chi connectivity index (χ1n) is 8.11. The summed E-state index contributed by atoms with van der Waals surface area (Å²) in [6.07, 6.45) is -0.438. The molecule has 0 fully saturated rings. The van der Waals surface area contributed by atoms with Gasteiger partial charge in [-0.2, -0.15) is 0 Å². The van der Waals surface area contributed by atoms with Crippen molar-refractivity contribution in [2.75, 3.05) is 10.2 Å². The molecule has 0 spiro atoms. The lowest BCUT2D eigenvalue weighted by Crippen LogP contribution is -2.38. The van der Waals surface area contributed by atoms with E-state index in [0.717, 1.165) is 11.4 Å². The molecule has 6 nitrogen and oxygen atoms in total. The minimum atomic E-state index is -0.438. The molecule has 2 N–H and O–H groups in total. The zero-order valence-electron chi connectivity index (χ0n) is 14.0. The SMILES string of the molecule is CC(=O)N(c1ccccc1)c1nc(C2NC(=O)c3ccccc3N2)cs1. The van der Waals surface area contributed by atoms with Crippen LogP contribution in [0.2, 0.25) is 0 Å². The van der Waals surface area contributed by atoms with Crippen molar-refractivity contribution in [1.29, 1.82) is 0 Å². The van der Waals surface area contributed by atoms with Crippen molar-refractivity contribution >= 4 is 39.7 Å². The number of aromatic nitrogens is 1. The van der Waals surface area contributed by atoms with Crippen molar-refractivity contribution in [3.8, 4) is 0 Å². The van der Waals surface area contributed by atoms with Crippen LogP contribution in [-0.4, -0.2) is 16.8 Å². The first kappa shape index (κ1) is 16.3. The largest absolute Gasteiger partial charge is 0.360 e. The Morgan fingerprint density at radius 3 is 2.58 bits per heavy atom. The van der Waals surface area contributed by atoms with Crippen molar-refractivity contribution in [3.05, 3.63) is 71.2 Å². The maximum Gasteiger partial charge on any atom is 0.255 e. The first-order chi connectivity index (χ1) is 12.6. The first-order valence-corrected chi connectivity index (χ1v) is 8.99. The van der Waals surface area contributed by atoms with Gasteiger partial charge in [0.2, 0.25) is 5.91 Å². The maximum atomic E-state index is 12.3. The van der Waals surface area contributed by atoms with Crippen LogP contribution in [0.5, 0.6) is 0 Å². The van der Waals surface area contributed by atoms with E-state index in [1.54, 1.807) is 11.0 Å². The quantitative estimate of drug-likeness (QED) is 0.743. The Morgan fingerprint density at radius 2 is 1.81 bits per heavy atom. The molecule has 1 unspecified atom stereocenters. The van der Waals surface area contributed by atoms with E-state index < -0.39 is 6.17 Å². The van der Waals surface area contributed by atoms with E-state index in [2.05, 4.69) is 15.6 Å². The van der Waals surface area contributed by atoms with Gasteiger partial charge in [0.05, 0.1) is 16.9 Å². The third-order valence-corrected chi connectivity index (χ3v) is 4.92. The number of amides is 2. The predicted octanol–water partition coefficient (Wildman–Crippen LogP) is 3.68. The highest BCUT2D eigenvalue weighted by molar-refractivity contribution is 7.14. The molecule has 0 saturated heterocycles. The highest BCUT2D eigenvalue weighted by Crippen LogP contribution is 2.32. The lowest BCUT2D eigenvalue weighted by molar-refractivity contribution is -0.115. The van der Waals surface area contributed by atoms with Gasteiger partial charge in [-0.25, -0.2) is 4.98 Å². The van der Waals surface area contributed by atoms with Crippen LogP contribution in [0.4, 0.5) is 16.5 Å². The minimum Gasteiger partial charge on any atom is -0.360 e. The molecule has 1 aromatic heterocycles. The molecule has 1 atom stereocenters. The molecule has 2 aromatic carbocycles. The van der Waals surface area contributed by atoms with Gasteiger partial charge in [-0.1, -0.05) is 30.3 Å². The van der Waals surface area contributed by atoms with Gasteiger partial charge >= 0.3 is 0 Å². The fourth-order valence-corrected chi connectivity index (χ4v) is 3.78. The number of anilines is 3. The summed E-state index contributed by atoms with van der Waals surface area (Å²) in [5.41, 5.74) is 2.79. The van der Waals surface area contributed by atoms with Gasteiger partial charge in [0.1, 0.15) is 6.17 Å². The second-order valence-electron chi connectivity index (χ2n) is 5.84. The summed E-state index contributed by atoms with van der Waals surface area (Å²) in [6, 6.07) is 16.7. The number of nitrogens with one attached hydrogen (secondary N) is 2. The lowest BCUT2D eigenvalue weighted by atomic mass is 10.1. The molecular formula is C19H16N4O2S. The molecular weight excluding hydrogens is 348 g/mol. The summed E-state index contributed by atoms with van der Waals surface area (Å²) in [5, 5.41) is 8.59. The maximum absolute atomic E-state index is 12.3. The number of thiazole rings is 1. The molecule has 26 heavy (non-hydrogen) atoms. The number of benzene rings is 2. The normalized spacial score (nSPS) is 15.6. The summed E-state index contributed by atoms with van der Waals surface area (Å²) >= 11 is 1.36. The molecule has 130 valence electrons. The highest BCUT2D eigenvalue weighted by atomic mass is 32.1. The Hall–Kier alpha value is -3.19. The number of hydrogen-bond donors (Lipinski definition) is 2. The molecule has 1 aliphatic rings. The lowest BCUT2D eigenvalue weighted by Gasteiger charge is -2.26. The predicted molar refractivity (Wildman–Crippen MR) is 102 cm³/mol. The van der Waals surface area contributed by atoms with E-state index in [1.165, 1.54) is 18.3 Å². The van der Waals surface area contributed by atoms with Gasteiger partial charge in [0.25, 0.3) is 5.91 Å². The van der Waals surface area contributed by atoms with Crippen LogP contribution >= 0.6 is 11.3 Å². The van der Waals surface area contributed by atoms with E-state index in [-0.39, 0.29) is 11.8 Å². The molecule has 0 aliphatic carbocycles. The van der Waals surface area contributed by atoms with Gasteiger partial charge in [0, 0.05) is 18.0 Å². The summed E-state index contributed by atoms with van der Waals surface area (Å²) in [5.74, 6) is -0.270. The van der Waals surface area contributed by atoms with Gasteiger partial charge in [-0.15, -0.1) is 11.3 Å². The second kappa shape index (κ2) is 6.61. The number of carbonyl (C=O) groups is 2. The Morgan fingerprint density at radius 1 is 1.08 bits per heavy atom. The zero-order chi connectivity index (χ0) is 18.1. The van der Waals surface area contributed by atoms with Crippen molar-refractivity contribution < 1.29 is 9.59 Å². The summed E-state index contributed by atoms with van der Waals surface area (Å²) in [7, 11) is 0. The molecule has 0 bridgehead atoms. The smallest absolute Gasteiger partial charge is 0.255 e. The Labute approximate surface area is 154 Å². The summed E-state index contributed by atoms with van der Waals surface area (Å²) in [4.78, 5) is 30.6. The van der Waals surface area contributed by atoms with E-state index in [4.69, 9.17) is 0 Å². The number of rotatable bonds is 3. The molecule has 4 rings (SSSR count). The van der Waals surface area contributed by atoms with E-state index in [9.17, 15) is 9.59 Å². The van der Waals surface area contributed by atoms with E-state index in [1.807, 2.05) is 53.9 Å². The van der Waals surface area contributed by atoms with Crippen LogP contribution in [0.25, 0.3) is 0 Å². The zero-order valence-corrected chi connectivity index (χ0v) is 14.8. The summed E-state index contributed by atoms with van der Waals surface area (Å²) in [6.45, 7) is 1.50. The van der Waals surface area contributed by atoms with Crippen LogP contribution in [0.3, 0.4) is 0 Å². The van der Waals surface area contributed by atoms with Gasteiger partial charge in [0.15, 0.2) is 5.13 Å². The molecule has 1 aliphatic heterocycles. The number of para-hydroxylation sites is 2. The average Bonchev–Trinajstić information content (AvgIpc) is 3.12. The van der Waals surface area contributed by atoms with Crippen LogP contribution in [0.1, 0.15) is 29.1 Å². The van der Waals surface area contributed by atoms with Crippen LogP contribution in [0, 0.1) is 0 Å². The van der Waals surface area contributed by atoms with Crippen molar-refractivity contribution in [2.24, 2.45) is 0 Å². The van der Waals surface area contributed by atoms with Crippen molar-refractivity contribution in [2.45, 2.75) is 13.1 Å². The highest BCUT2D eigenvalue weighted by Gasteiger charge is 2.27. The second-order valence-corrected chi connectivity index (χ2v) is 6.68. The molecule has 7 heteroatoms. The number of nitrogens with zero attached hydrogens (tertiary/aromatic N) is 2. The monoisotopic (exact) mass is 364 g/mol. The van der Waals surface area contributed by atoms with Crippen LogP contribution in [0.15, 0.2) is 60.0 Å². The van der Waals surface area contributed by atoms with Crippen LogP contribution in [-0.2, 0) is 4.79 Å². The van der Waals surface area contributed by atoms with Gasteiger partial charge in [-0.3, -0.25) is 14.5 Å². The minimum absolute atomic E-state index is 0.122. The molecule has 0 radical (unpaired) electrons. The van der Waals surface area contributed by atoms with Crippen LogP contribution < -0.4 is 15.5 Å². The molecule has 3 aromatic rings. The van der Waals surface area contributed by atoms with Gasteiger partial charge < -0.3 is 10.6 Å². The topological polar surface area (TPSA) is 74.3 Å². The molecule has 0 saturated carbocycles. The Bertz CT molecular complexity index is 970. The average molecular weight is 364 g/mol.